The molecule has 0 radical (unpaired) electrons. The minimum absolute atomic E-state index is 0.0000472. The standard InChI is InChI=1S/C17H27N3O2S/c21-17(18-14-6-4-2-1-3-5-7-14)15-13-23-16(19-15)12-20-8-10-22-11-9-20/h13-14H,1-12H2,(H,18,21). The molecule has 1 aromatic rings. The van der Waals surface area contributed by atoms with Gasteiger partial charge in [0.05, 0.1) is 19.8 Å². The van der Waals surface area contributed by atoms with Crippen molar-refractivity contribution in [3.63, 3.8) is 0 Å². The van der Waals surface area contributed by atoms with Crippen LogP contribution in [0, 0.1) is 0 Å². The van der Waals surface area contributed by atoms with Gasteiger partial charge in [-0.25, -0.2) is 4.98 Å². The molecule has 128 valence electrons. The summed E-state index contributed by atoms with van der Waals surface area (Å²) in [6, 6.07) is 0.326. The SMILES string of the molecule is O=C(NC1CCCCCCC1)c1csc(CN2CCOCC2)n1. The number of nitrogens with zero attached hydrogens (tertiary/aromatic N) is 2. The Morgan fingerprint density at radius 1 is 1.22 bits per heavy atom. The molecule has 1 aliphatic heterocycles. The first-order chi connectivity index (χ1) is 11.3. The van der Waals surface area contributed by atoms with E-state index in [-0.39, 0.29) is 5.91 Å². The van der Waals surface area contributed by atoms with Crippen LogP contribution in [-0.2, 0) is 11.3 Å². The molecular formula is C17H27N3O2S. The maximum atomic E-state index is 12.4. The van der Waals surface area contributed by atoms with E-state index >= 15 is 0 Å². The van der Waals surface area contributed by atoms with Crippen molar-refractivity contribution >= 4 is 17.2 Å². The lowest BCUT2D eigenvalue weighted by Crippen LogP contribution is -2.36. The molecule has 1 aliphatic carbocycles. The van der Waals surface area contributed by atoms with Gasteiger partial charge < -0.3 is 10.1 Å². The van der Waals surface area contributed by atoms with E-state index in [0.29, 0.717) is 11.7 Å². The number of morpholine rings is 1. The van der Waals surface area contributed by atoms with Gasteiger partial charge in [0, 0.05) is 24.5 Å². The van der Waals surface area contributed by atoms with Gasteiger partial charge in [0.25, 0.3) is 5.91 Å². The molecule has 5 nitrogen and oxygen atoms in total. The van der Waals surface area contributed by atoms with Crippen LogP contribution in [0.4, 0.5) is 0 Å². The molecule has 0 atom stereocenters. The fourth-order valence-electron chi connectivity index (χ4n) is 3.30. The van der Waals surface area contributed by atoms with E-state index in [0.717, 1.165) is 50.7 Å². The van der Waals surface area contributed by atoms with Gasteiger partial charge in [-0.2, -0.15) is 0 Å². The number of thiazole rings is 1. The number of aromatic nitrogens is 1. The Bertz CT molecular complexity index is 492. The van der Waals surface area contributed by atoms with E-state index in [1.807, 2.05) is 5.38 Å². The highest BCUT2D eigenvalue weighted by Gasteiger charge is 2.18. The number of hydrogen-bond acceptors (Lipinski definition) is 5. The molecule has 0 unspecified atom stereocenters. The Hall–Kier alpha value is -0.980. The molecule has 2 aliphatic rings. The third-order valence-electron chi connectivity index (χ3n) is 4.69. The number of carbonyl (C=O) groups is 1. The summed E-state index contributed by atoms with van der Waals surface area (Å²) in [5.41, 5.74) is 0.584. The Kier molecular flexibility index (Phi) is 6.42. The zero-order valence-electron chi connectivity index (χ0n) is 13.8. The van der Waals surface area contributed by atoms with Crippen LogP contribution >= 0.6 is 11.3 Å². The van der Waals surface area contributed by atoms with Crippen LogP contribution in [-0.4, -0.2) is 48.1 Å². The van der Waals surface area contributed by atoms with Crippen molar-refractivity contribution < 1.29 is 9.53 Å². The summed E-state index contributed by atoms with van der Waals surface area (Å²) in [5.74, 6) is 0.0000472. The fourth-order valence-corrected chi connectivity index (χ4v) is 4.11. The van der Waals surface area contributed by atoms with E-state index in [1.54, 1.807) is 11.3 Å². The largest absolute Gasteiger partial charge is 0.379 e. The molecule has 3 rings (SSSR count). The van der Waals surface area contributed by atoms with Gasteiger partial charge in [0.1, 0.15) is 10.7 Å². The maximum Gasteiger partial charge on any atom is 0.270 e. The first-order valence-electron chi connectivity index (χ1n) is 8.86. The summed E-state index contributed by atoms with van der Waals surface area (Å²) < 4.78 is 5.36. The highest BCUT2D eigenvalue weighted by atomic mass is 32.1. The summed E-state index contributed by atoms with van der Waals surface area (Å²) >= 11 is 1.59. The molecule has 6 heteroatoms. The van der Waals surface area contributed by atoms with Gasteiger partial charge in [-0.05, 0) is 12.8 Å². The number of amides is 1. The molecule has 0 spiro atoms. The van der Waals surface area contributed by atoms with Crippen LogP contribution in [0.2, 0.25) is 0 Å². The summed E-state index contributed by atoms with van der Waals surface area (Å²) in [4.78, 5) is 19.3. The molecular weight excluding hydrogens is 310 g/mol. The van der Waals surface area contributed by atoms with Gasteiger partial charge in [0.15, 0.2) is 0 Å². The Morgan fingerprint density at radius 3 is 2.65 bits per heavy atom. The van der Waals surface area contributed by atoms with Gasteiger partial charge in [0.2, 0.25) is 0 Å². The Balaban J connectivity index is 1.50. The molecule has 1 saturated carbocycles. The lowest BCUT2D eigenvalue weighted by molar-refractivity contribution is 0.0341. The van der Waals surface area contributed by atoms with E-state index in [4.69, 9.17) is 4.74 Å². The number of hydrogen-bond donors (Lipinski definition) is 1. The number of nitrogens with one attached hydrogen (secondary N) is 1. The molecule has 1 N–H and O–H groups in total. The molecule has 1 aromatic heterocycles. The summed E-state index contributed by atoms with van der Waals surface area (Å²) in [7, 11) is 0. The normalized spacial score (nSPS) is 21.6. The van der Waals surface area contributed by atoms with Crippen LogP contribution in [0.15, 0.2) is 5.38 Å². The lowest BCUT2D eigenvalue weighted by atomic mass is 9.97. The van der Waals surface area contributed by atoms with Gasteiger partial charge >= 0.3 is 0 Å². The second kappa shape index (κ2) is 8.76. The smallest absolute Gasteiger partial charge is 0.270 e. The van der Waals surface area contributed by atoms with Crippen LogP contribution in [0.5, 0.6) is 0 Å². The molecule has 23 heavy (non-hydrogen) atoms. The second-order valence-electron chi connectivity index (χ2n) is 6.53. The number of carbonyl (C=O) groups excluding carboxylic acids is 1. The second-order valence-corrected chi connectivity index (χ2v) is 7.47. The monoisotopic (exact) mass is 337 g/mol. The van der Waals surface area contributed by atoms with E-state index in [9.17, 15) is 4.79 Å². The molecule has 0 bridgehead atoms. The molecule has 2 fully saturated rings. The Morgan fingerprint density at radius 2 is 1.91 bits per heavy atom. The third kappa shape index (κ3) is 5.26. The van der Waals surface area contributed by atoms with Crippen LogP contribution in [0.3, 0.4) is 0 Å². The van der Waals surface area contributed by atoms with Crippen LogP contribution < -0.4 is 5.32 Å². The highest BCUT2D eigenvalue weighted by Crippen LogP contribution is 2.18. The summed E-state index contributed by atoms with van der Waals surface area (Å²) in [6.07, 6.45) is 8.61. The topological polar surface area (TPSA) is 54.5 Å². The van der Waals surface area contributed by atoms with Crippen molar-refractivity contribution in [2.45, 2.75) is 57.5 Å². The van der Waals surface area contributed by atoms with E-state index in [2.05, 4.69) is 15.2 Å². The zero-order valence-corrected chi connectivity index (χ0v) is 14.6. The van der Waals surface area contributed by atoms with Crippen molar-refractivity contribution in [2.75, 3.05) is 26.3 Å². The van der Waals surface area contributed by atoms with Crippen molar-refractivity contribution in [2.24, 2.45) is 0 Å². The predicted octanol–water partition coefficient (Wildman–Crippen LogP) is 2.82. The Labute approximate surface area is 142 Å². The first-order valence-corrected chi connectivity index (χ1v) is 9.74. The zero-order chi connectivity index (χ0) is 15.9. The predicted molar refractivity (Wildman–Crippen MR) is 91.8 cm³/mol. The third-order valence-corrected chi connectivity index (χ3v) is 5.52. The van der Waals surface area contributed by atoms with Gasteiger partial charge in [-0.3, -0.25) is 9.69 Å². The average molecular weight is 337 g/mol. The fraction of sp³-hybridized carbons (Fsp3) is 0.765. The van der Waals surface area contributed by atoms with Crippen LogP contribution in [0.25, 0.3) is 0 Å². The minimum Gasteiger partial charge on any atom is -0.379 e. The average Bonchev–Trinajstić information content (AvgIpc) is 2.99. The summed E-state index contributed by atoms with van der Waals surface area (Å²) in [5, 5.41) is 6.11. The number of rotatable bonds is 4. The lowest BCUT2D eigenvalue weighted by Gasteiger charge is -2.25. The van der Waals surface area contributed by atoms with Gasteiger partial charge in [-0.1, -0.05) is 32.1 Å². The quantitative estimate of drug-likeness (QED) is 0.918. The van der Waals surface area contributed by atoms with Crippen molar-refractivity contribution in [1.29, 1.82) is 0 Å². The molecule has 1 saturated heterocycles. The summed E-state index contributed by atoms with van der Waals surface area (Å²) in [6.45, 7) is 4.30. The van der Waals surface area contributed by atoms with Crippen molar-refractivity contribution in [3.8, 4) is 0 Å². The maximum absolute atomic E-state index is 12.4. The highest BCUT2D eigenvalue weighted by molar-refractivity contribution is 7.09. The van der Waals surface area contributed by atoms with E-state index < -0.39 is 0 Å². The van der Waals surface area contributed by atoms with Crippen molar-refractivity contribution in [3.05, 3.63) is 16.1 Å². The van der Waals surface area contributed by atoms with Gasteiger partial charge in [-0.15, -0.1) is 11.3 Å². The van der Waals surface area contributed by atoms with E-state index in [1.165, 1.54) is 32.1 Å². The minimum atomic E-state index is 0.0000472. The molecule has 0 aromatic carbocycles. The molecule has 2 heterocycles. The molecule has 1 amide bonds. The number of ether oxygens (including phenoxy) is 1. The first kappa shape index (κ1) is 16.9. The van der Waals surface area contributed by atoms with Crippen molar-refractivity contribution in [1.82, 2.24) is 15.2 Å². The van der Waals surface area contributed by atoms with Crippen LogP contribution in [0.1, 0.15) is 60.4 Å².